The number of amides is 1. The average molecular weight is 519 g/mol. The Labute approximate surface area is 222 Å². The van der Waals surface area contributed by atoms with Crippen molar-refractivity contribution < 1.29 is 23.8 Å². The van der Waals surface area contributed by atoms with E-state index >= 15 is 0 Å². The molecule has 3 heterocycles. The quantitative estimate of drug-likeness (QED) is 0.418. The van der Waals surface area contributed by atoms with E-state index in [1.54, 1.807) is 0 Å². The fraction of sp³-hybridized carbons (Fsp3) is 0.400. The molecule has 1 fully saturated rings. The first-order valence-corrected chi connectivity index (χ1v) is 13.3. The van der Waals surface area contributed by atoms with Gasteiger partial charge in [0.25, 0.3) is 0 Å². The van der Waals surface area contributed by atoms with Gasteiger partial charge in [-0.3, -0.25) is 14.5 Å². The molecule has 1 atom stereocenters. The van der Waals surface area contributed by atoms with Crippen LogP contribution in [0.2, 0.25) is 0 Å². The minimum absolute atomic E-state index is 0.0672. The van der Waals surface area contributed by atoms with Crippen LogP contribution in [0, 0.1) is 0 Å². The molecule has 8 heteroatoms. The molecule has 0 spiro atoms. The molecule has 1 saturated heterocycles. The maximum atomic E-state index is 12.6. The highest BCUT2D eigenvalue weighted by atomic mass is 16.5. The maximum Gasteiger partial charge on any atom is 0.227 e. The Hall–Kier alpha value is -3.78. The summed E-state index contributed by atoms with van der Waals surface area (Å²) in [5, 5.41) is 10.6. The number of ether oxygens (including phenoxy) is 2. The number of carbonyl (C=O) groups excluding carboxylic acids is 1. The van der Waals surface area contributed by atoms with Crippen molar-refractivity contribution in [2.24, 2.45) is 5.73 Å². The zero-order valence-corrected chi connectivity index (χ0v) is 21.5. The van der Waals surface area contributed by atoms with Gasteiger partial charge in [-0.25, -0.2) is 0 Å². The van der Waals surface area contributed by atoms with E-state index in [0.717, 1.165) is 51.1 Å². The third-order valence-corrected chi connectivity index (χ3v) is 7.25. The summed E-state index contributed by atoms with van der Waals surface area (Å²) in [5.41, 5.74) is 8.16. The molecule has 2 aliphatic heterocycles. The molecule has 0 aliphatic carbocycles. The van der Waals surface area contributed by atoms with Gasteiger partial charge >= 0.3 is 0 Å². The fourth-order valence-corrected chi connectivity index (χ4v) is 5.25. The number of benzene rings is 2. The largest absolute Gasteiger partial charge is 0.502 e. The van der Waals surface area contributed by atoms with E-state index in [1.165, 1.54) is 23.6 Å². The number of nitrogens with zero attached hydrogens (tertiary/aromatic N) is 1. The maximum absolute atomic E-state index is 12.6. The van der Waals surface area contributed by atoms with E-state index in [-0.39, 0.29) is 12.2 Å². The smallest absolute Gasteiger partial charge is 0.227 e. The van der Waals surface area contributed by atoms with Gasteiger partial charge in [-0.05, 0) is 60.8 Å². The number of nitrogens with two attached hydrogens (primary N) is 1. The summed E-state index contributed by atoms with van der Waals surface area (Å²) in [6, 6.07) is 14.8. The monoisotopic (exact) mass is 518 g/mol. The number of hydrogen-bond acceptors (Lipinski definition) is 7. The standard InChI is InChI=1S/C30H34N2O6/c31-28(34)18-25(30-29(35)26(33)17-24(38-30)19-32-12-2-1-3-13-32)21-5-7-23(8-6-21)36-14-10-20-4-9-27-22(16-20)11-15-37-27/h4-9,16-17,25,35H,1-3,10-15,18-19H2,(H2,31,34)/t25-/m1/s1. The van der Waals surface area contributed by atoms with Gasteiger partial charge in [0, 0.05) is 25.3 Å². The van der Waals surface area contributed by atoms with E-state index in [9.17, 15) is 14.7 Å². The van der Waals surface area contributed by atoms with Gasteiger partial charge in [-0.2, -0.15) is 0 Å². The van der Waals surface area contributed by atoms with E-state index in [4.69, 9.17) is 19.6 Å². The fourth-order valence-electron chi connectivity index (χ4n) is 5.25. The lowest BCUT2D eigenvalue weighted by Crippen LogP contribution is -2.29. The molecule has 38 heavy (non-hydrogen) atoms. The van der Waals surface area contributed by atoms with Crippen LogP contribution >= 0.6 is 0 Å². The Kier molecular flexibility index (Phi) is 7.98. The zero-order valence-electron chi connectivity index (χ0n) is 21.5. The van der Waals surface area contributed by atoms with Gasteiger partial charge < -0.3 is 24.7 Å². The van der Waals surface area contributed by atoms with Crippen molar-refractivity contribution in [1.29, 1.82) is 0 Å². The SMILES string of the molecule is NC(=O)C[C@H](c1ccc(OCCc2ccc3c(c2)CCO3)cc1)c1oc(CN2CCCCC2)cc(=O)c1O. The van der Waals surface area contributed by atoms with Crippen LogP contribution in [0.1, 0.15) is 59.8 Å². The Bertz CT molecular complexity index is 1330. The Morgan fingerprint density at radius 2 is 1.87 bits per heavy atom. The molecule has 3 N–H and O–H groups in total. The molecule has 3 aromatic rings. The van der Waals surface area contributed by atoms with Gasteiger partial charge in [-0.15, -0.1) is 0 Å². The molecule has 0 saturated carbocycles. The van der Waals surface area contributed by atoms with Crippen LogP contribution in [0.3, 0.4) is 0 Å². The molecule has 1 aromatic heterocycles. The van der Waals surface area contributed by atoms with Crippen molar-refractivity contribution in [2.75, 3.05) is 26.3 Å². The first-order chi connectivity index (χ1) is 18.5. The van der Waals surface area contributed by atoms with E-state index < -0.39 is 23.0 Å². The number of hydrogen-bond donors (Lipinski definition) is 2. The number of rotatable bonds is 10. The van der Waals surface area contributed by atoms with E-state index in [1.807, 2.05) is 30.3 Å². The van der Waals surface area contributed by atoms with Crippen LogP contribution in [0.25, 0.3) is 0 Å². The minimum atomic E-state index is -0.691. The number of primary amides is 1. The summed E-state index contributed by atoms with van der Waals surface area (Å²) >= 11 is 0. The summed E-state index contributed by atoms with van der Waals surface area (Å²) < 4.78 is 17.6. The topological polar surface area (TPSA) is 115 Å². The Balaban J connectivity index is 1.29. The second-order valence-electron chi connectivity index (χ2n) is 10.1. The highest BCUT2D eigenvalue weighted by molar-refractivity contribution is 5.75. The van der Waals surface area contributed by atoms with Crippen LogP contribution in [-0.4, -0.2) is 42.2 Å². The molecule has 8 nitrogen and oxygen atoms in total. The van der Waals surface area contributed by atoms with Crippen molar-refractivity contribution in [1.82, 2.24) is 4.90 Å². The highest BCUT2D eigenvalue weighted by Gasteiger charge is 2.26. The van der Waals surface area contributed by atoms with Gasteiger partial charge in [0.15, 0.2) is 5.76 Å². The van der Waals surface area contributed by atoms with Crippen molar-refractivity contribution in [3.63, 3.8) is 0 Å². The molecular weight excluding hydrogens is 484 g/mol. The second kappa shape index (κ2) is 11.7. The second-order valence-corrected chi connectivity index (χ2v) is 10.1. The molecule has 5 rings (SSSR count). The average Bonchev–Trinajstić information content (AvgIpc) is 3.38. The van der Waals surface area contributed by atoms with Crippen LogP contribution in [-0.2, 0) is 24.2 Å². The zero-order chi connectivity index (χ0) is 26.5. The third kappa shape index (κ3) is 6.19. The minimum Gasteiger partial charge on any atom is -0.502 e. The Morgan fingerprint density at radius 3 is 2.63 bits per heavy atom. The molecule has 2 aromatic carbocycles. The lowest BCUT2D eigenvalue weighted by molar-refractivity contribution is -0.118. The summed E-state index contributed by atoms with van der Waals surface area (Å²) in [4.78, 5) is 26.8. The number of carbonyl (C=O) groups is 1. The number of likely N-dealkylation sites (tertiary alicyclic amines) is 1. The van der Waals surface area contributed by atoms with Gasteiger partial charge in [-0.1, -0.05) is 30.7 Å². The molecular formula is C30H34N2O6. The summed E-state index contributed by atoms with van der Waals surface area (Å²) in [6.07, 6.45) is 5.01. The van der Waals surface area contributed by atoms with Crippen molar-refractivity contribution in [3.8, 4) is 17.2 Å². The van der Waals surface area contributed by atoms with Crippen LogP contribution < -0.4 is 20.6 Å². The van der Waals surface area contributed by atoms with Gasteiger partial charge in [0.1, 0.15) is 17.3 Å². The Morgan fingerprint density at radius 1 is 1.08 bits per heavy atom. The van der Waals surface area contributed by atoms with Crippen molar-refractivity contribution in [2.45, 2.75) is 51.0 Å². The van der Waals surface area contributed by atoms with E-state index in [2.05, 4.69) is 17.0 Å². The summed E-state index contributed by atoms with van der Waals surface area (Å²) in [6.45, 7) is 3.61. The molecule has 0 unspecified atom stereocenters. The first-order valence-electron chi connectivity index (χ1n) is 13.3. The molecule has 0 radical (unpaired) electrons. The molecule has 2 aliphatic rings. The number of piperidine rings is 1. The van der Waals surface area contributed by atoms with Gasteiger partial charge in [0.2, 0.25) is 17.1 Å². The van der Waals surface area contributed by atoms with E-state index in [0.29, 0.717) is 30.2 Å². The van der Waals surface area contributed by atoms with Crippen molar-refractivity contribution >= 4 is 5.91 Å². The first kappa shape index (κ1) is 25.9. The molecule has 200 valence electrons. The number of aromatic hydroxyl groups is 1. The highest BCUT2D eigenvalue weighted by Crippen LogP contribution is 2.34. The predicted molar refractivity (Wildman–Crippen MR) is 143 cm³/mol. The van der Waals surface area contributed by atoms with Crippen LogP contribution in [0.4, 0.5) is 0 Å². The normalized spacial score (nSPS) is 16.0. The lowest BCUT2D eigenvalue weighted by Gasteiger charge is -2.26. The molecule has 1 amide bonds. The van der Waals surface area contributed by atoms with Gasteiger partial charge in [0.05, 0.1) is 25.7 Å². The summed E-state index contributed by atoms with van der Waals surface area (Å²) in [7, 11) is 0. The third-order valence-electron chi connectivity index (χ3n) is 7.25. The van der Waals surface area contributed by atoms with Crippen LogP contribution in [0.5, 0.6) is 17.2 Å². The van der Waals surface area contributed by atoms with Crippen LogP contribution in [0.15, 0.2) is 57.7 Å². The number of fused-ring (bicyclic) bond motifs is 1. The summed E-state index contributed by atoms with van der Waals surface area (Å²) in [5.74, 6) is 0.450. The van der Waals surface area contributed by atoms with Crippen molar-refractivity contribution in [3.05, 3.63) is 87.0 Å². The molecule has 0 bridgehead atoms. The lowest BCUT2D eigenvalue weighted by atomic mass is 9.92. The predicted octanol–water partition coefficient (Wildman–Crippen LogP) is 3.90.